The molecule has 2 rings (SSSR count). The van der Waals surface area contributed by atoms with E-state index >= 15 is 0 Å². The van der Waals surface area contributed by atoms with Crippen LogP contribution in [-0.4, -0.2) is 8.42 Å². The highest BCUT2D eigenvalue weighted by molar-refractivity contribution is 9.10. The Morgan fingerprint density at radius 2 is 1.80 bits per heavy atom. The smallest absolute Gasteiger partial charge is 0.263 e. The average molecular weight is 395 g/mol. The van der Waals surface area contributed by atoms with E-state index in [-0.39, 0.29) is 9.92 Å². The lowest BCUT2D eigenvalue weighted by molar-refractivity contribution is 0.601. The summed E-state index contributed by atoms with van der Waals surface area (Å²) >= 11 is 15.1. The second-order valence-electron chi connectivity index (χ2n) is 4.14. The van der Waals surface area contributed by atoms with Crippen LogP contribution in [0.25, 0.3) is 0 Å². The minimum absolute atomic E-state index is 0.0247. The summed E-state index contributed by atoms with van der Waals surface area (Å²) in [5, 5.41) is 0.700. The molecule has 0 fully saturated rings. The number of sulfonamides is 1. The Morgan fingerprint density at radius 3 is 2.40 bits per heavy atom. The molecule has 7 heteroatoms. The Morgan fingerprint density at radius 1 is 1.10 bits per heavy atom. The van der Waals surface area contributed by atoms with Gasteiger partial charge in [-0.25, -0.2) is 8.42 Å². The van der Waals surface area contributed by atoms with Gasteiger partial charge in [0.05, 0.1) is 10.7 Å². The molecule has 0 saturated carbocycles. The molecule has 20 heavy (non-hydrogen) atoms. The zero-order valence-corrected chi connectivity index (χ0v) is 14.2. The van der Waals surface area contributed by atoms with E-state index < -0.39 is 10.0 Å². The molecule has 2 aromatic carbocycles. The second-order valence-corrected chi connectivity index (χ2v) is 7.55. The van der Waals surface area contributed by atoms with Gasteiger partial charge in [-0.1, -0.05) is 39.1 Å². The Labute approximate surface area is 136 Å². The molecule has 0 amide bonds. The third kappa shape index (κ3) is 3.47. The average Bonchev–Trinajstić information content (AvgIpc) is 2.32. The van der Waals surface area contributed by atoms with Gasteiger partial charge < -0.3 is 0 Å². The number of anilines is 1. The normalized spacial score (nSPS) is 11.4. The highest BCUT2D eigenvalue weighted by atomic mass is 79.9. The molecule has 0 heterocycles. The van der Waals surface area contributed by atoms with Crippen LogP contribution >= 0.6 is 39.1 Å². The molecule has 0 atom stereocenters. The fraction of sp³-hybridized carbons (Fsp3) is 0.0769. The molecule has 0 aliphatic rings. The van der Waals surface area contributed by atoms with Crippen LogP contribution in [0.3, 0.4) is 0 Å². The predicted molar refractivity (Wildman–Crippen MR) is 86.1 cm³/mol. The molecule has 0 aromatic heterocycles. The van der Waals surface area contributed by atoms with Crippen LogP contribution in [0.1, 0.15) is 5.56 Å². The molecule has 0 spiro atoms. The van der Waals surface area contributed by atoms with Crippen LogP contribution in [0.5, 0.6) is 0 Å². The first kappa shape index (κ1) is 15.6. The van der Waals surface area contributed by atoms with Crippen LogP contribution in [0.2, 0.25) is 10.0 Å². The first-order chi connectivity index (χ1) is 9.29. The van der Waals surface area contributed by atoms with E-state index in [0.717, 1.165) is 5.56 Å². The van der Waals surface area contributed by atoms with Gasteiger partial charge in [0.25, 0.3) is 10.0 Å². The number of halogens is 3. The van der Waals surface area contributed by atoms with Crippen LogP contribution in [0.15, 0.2) is 45.8 Å². The molecular weight excluding hydrogens is 385 g/mol. The molecule has 1 N–H and O–H groups in total. The van der Waals surface area contributed by atoms with Crippen molar-refractivity contribution in [2.24, 2.45) is 0 Å². The molecule has 0 aliphatic carbocycles. The van der Waals surface area contributed by atoms with E-state index in [1.165, 1.54) is 12.1 Å². The van der Waals surface area contributed by atoms with Crippen molar-refractivity contribution in [2.75, 3.05) is 4.72 Å². The molecule has 0 saturated heterocycles. The largest absolute Gasteiger partial charge is 0.279 e. The summed E-state index contributed by atoms with van der Waals surface area (Å²) in [6, 6.07) is 9.51. The van der Waals surface area contributed by atoms with Gasteiger partial charge >= 0.3 is 0 Å². The third-order valence-electron chi connectivity index (χ3n) is 2.62. The lowest BCUT2D eigenvalue weighted by atomic mass is 10.2. The van der Waals surface area contributed by atoms with Gasteiger partial charge in [-0.3, -0.25) is 4.72 Å². The fourth-order valence-corrected chi connectivity index (χ4v) is 4.03. The van der Waals surface area contributed by atoms with Crippen molar-refractivity contribution in [3.63, 3.8) is 0 Å². The summed E-state index contributed by atoms with van der Waals surface area (Å²) in [5.41, 5.74) is 1.20. The van der Waals surface area contributed by atoms with Crippen LogP contribution < -0.4 is 4.72 Å². The minimum atomic E-state index is -3.74. The number of aryl methyl sites for hydroxylation is 1. The quantitative estimate of drug-likeness (QED) is 0.807. The van der Waals surface area contributed by atoms with E-state index in [2.05, 4.69) is 20.7 Å². The molecule has 2 aromatic rings. The summed E-state index contributed by atoms with van der Waals surface area (Å²) in [4.78, 5) is 0.0247. The van der Waals surface area contributed by atoms with E-state index in [1.807, 2.05) is 0 Å². The molecule has 3 nitrogen and oxygen atoms in total. The SMILES string of the molecule is Cc1cc(Cl)ccc1NS(=O)(=O)c1ccc(Br)cc1Cl. The first-order valence-electron chi connectivity index (χ1n) is 5.53. The fourth-order valence-electron chi connectivity index (χ4n) is 1.63. The Kier molecular flexibility index (Phi) is 4.64. The standard InChI is InChI=1S/C13H10BrCl2NO2S/c1-8-6-10(15)3-4-12(8)17-20(18,19)13-5-2-9(14)7-11(13)16/h2-7,17H,1H3. The molecule has 0 bridgehead atoms. The van der Waals surface area contributed by atoms with Crippen molar-refractivity contribution in [1.82, 2.24) is 0 Å². The van der Waals surface area contributed by atoms with Crippen LogP contribution in [-0.2, 0) is 10.0 Å². The number of benzene rings is 2. The van der Waals surface area contributed by atoms with Crippen molar-refractivity contribution in [3.8, 4) is 0 Å². The highest BCUT2D eigenvalue weighted by Gasteiger charge is 2.19. The van der Waals surface area contributed by atoms with E-state index in [0.29, 0.717) is 15.2 Å². The van der Waals surface area contributed by atoms with Gasteiger partial charge in [0, 0.05) is 9.50 Å². The topological polar surface area (TPSA) is 46.2 Å². The van der Waals surface area contributed by atoms with Gasteiger partial charge in [-0.15, -0.1) is 0 Å². The van der Waals surface area contributed by atoms with E-state index in [4.69, 9.17) is 23.2 Å². The van der Waals surface area contributed by atoms with Crippen LogP contribution in [0.4, 0.5) is 5.69 Å². The maximum absolute atomic E-state index is 12.3. The van der Waals surface area contributed by atoms with Crippen molar-refractivity contribution in [3.05, 3.63) is 56.5 Å². The first-order valence-corrected chi connectivity index (χ1v) is 8.57. The molecule has 106 valence electrons. The number of rotatable bonds is 3. The lowest BCUT2D eigenvalue weighted by Gasteiger charge is -2.12. The van der Waals surface area contributed by atoms with Gasteiger partial charge in [0.1, 0.15) is 4.90 Å². The minimum Gasteiger partial charge on any atom is -0.279 e. The van der Waals surface area contributed by atoms with E-state index in [1.54, 1.807) is 31.2 Å². The summed E-state index contributed by atoms with van der Waals surface area (Å²) in [5.74, 6) is 0. The monoisotopic (exact) mass is 393 g/mol. The molecule has 0 radical (unpaired) electrons. The number of nitrogens with one attached hydrogen (secondary N) is 1. The van der Waals surface area contributed by atoms with Gasteiger partial charge in [-0.05, 0) is 48.9 Å². The number of hydrogen-bond acceptors (Lipinski definition) is 2. The van der Waals surface area contributed by atoms with Crippen LogP contribution in [0, 0.1) is 6.92 Å². The predicted octanol–water partition coefficient (Wildman–Crippen LogP) is 4.87. The molecular formula is C13H10BrCl2NO2S. The van der Waals surface area contributed by atoms with Gasteiger partial charge in [0.15, 0.2) is 0 Å². The Balaban J connectivity index is 2.41. The van der Waals surface area contributed by atoms with Gasteiger partial charge in [-0.2, -0.15) is 0 Å². The van der Waals surface area contributed by atoms with Crippen molar-refractivity contribution in [2.45, 2.75) is 11.8 Å². The maximum Gasteiger partial charge on any atom is 0.263 e. The number of hydrogen-bond donors (Lipinski definition) is 1. The highest BCUT2D eigenvalue weighted by Crippen LogP contribution is 2.28. The van der Waals surface area contributed by atoms with Gasteiger partial charge in [0.2, 0.25) is 0 Å². The molecule has 0 aliphatic heterocycles. The zero-order valence-electron chi connectivity index (χ0n) is 10.3. The Hall–Kier alpha value is -0.750. The summed E-state index contributed by atoms with van der Waals surface area (Å²) < 4.78 is 27.9. The second kappa shape index (κ2) is 5.93. The Bertz CT molecular complexity index is 763. The van der Waals surface area contributed by atoms with Crippen molar-refractivity contribution >= 4 is 54.8 Å². The summed E-state index contributed by atoms with van der Waals surface area (Å²) in [7, 11) is -3.74. The van der Waals surface area contributed by atoms with Crippen molar-refractivity contribution < 1.29 is 8.42 Å². The summed E-state index contributed by atoms with van der Waals surface area (Å²) in [6.45, 7) is 1.77. The maximum atomic E-state index is 12.3. The zero-order chi connectivity index (χ0) is 14.9. The summed E-state index contributed by atoms with van der Waals surface area (Å²) in [6.07, 6.45) is 0. The molecule has 0 unspecified atom stereocenters. The third-order valence-corrected chi connectivity index (χ3v) is 5.19. The lowest BCUT2D eigenvalue weighted by Crippen LogP contribution is -2.14. The van der Waals surface area contributed by atoms with Crippen molar-refractivity contribution in [1.29, 1.82) is 0 Å². The van der Waals surface area contributed by atoms with E-state index in [9.17, 15) is 8.42 Å².